The number of pyridine rings is 1. The predicted octanol–water partition coefficient (Wildman–Crippen LogP) is 1.41. The van der Waals surface area contributed by atoms with E-state index in [0.29, 0.717) is 31.6 Å². The summed E-state index contributed by atoms with van der Waals surface area (Å²) in [5.41, 5.74) is 1.56. The van der Waals surface area contributed by atoms with E-state index in [-0.39, 0.29) is 24.8 Å². The minimum atomic E-state index is -0.927. The largest absolute Gasteiger partial charge is 0.356 e. The zero-order valence-corrected chi connectivity index (χ0v) is 15.3. The molecule has 0 spiro atoms. The highest BCUT2D eigenvalue weighted by atomic mass is 19.2. The van der Waals surface area contributed by atoms with Crippen LogP contribution in [0.25, 0.3) is 0 Å². The van der Waals surface area contributed by atoms with Crippen LogP contribution in [0.5, 0.6) is 0 Å². The maximum Gasteiger partial charge on any atom is 0.237 e. The summed E-state index contributed by atoms with van der Waals surface area (Å²) in [6.07, 6.45) is 4.08. The highest BCUT2D eigenvalue weighted by Crippen LogP contribution is 2.16. The van der Waals surface area contributed by atoms with Crippen LogP contribution in [0, 0.1) is 11.6 Å². The van der Waals surface area contributed by atoms with Crippen LogP contribution in [0.4, 0.5) is 8.78 Å². The van der Waals surface area contributed by atoms with Gasteiger partial charge in [-0.15, -0.1) is 0 Å². The van der Waals surface area contributed by atoms with E-state index >= 15 is 0 Å². The summed E-state index contributed by atoms with van der Waals surface area (Å²) in [6.45, 7) is 1.68. The van der Waals surface area contributed by atoms with Gasteiger partial charge in [0.15, 0.2) is 11.6 Å². The third kappa shape index (κ3) is 5.32. The van der Waals surface area contributed by atoms with Gasteiger partial charge in [0.05, 0.1) is 12.5 Å². The number of nitrogens with one attached hydrogen (secondary N) is 2. The van der Waals surface area contributed by atoms with Crippen molar-refractivity contribution in [3.8, 4) is 0 Å². The lowest BCUT2D eigenvalue weighted by Gasteiger charge is -2.34. The number of halogens is 2. The Morgan fingerprint density at radius 1 is 1.25 bits per heavy atom. The number of carbonyl (C=O) groups is 2. The maximum atomic E-state index is 13.5. The number of hydrogen-bond acceptors (Lipinski definition) is 4. The zero-order valence-electron chi connectivity index (χ0n) is 15.3. The molecule has 1 aromatic carbocycles. The van der Waals surface area contributed by atoms with Crippen molar-refractivity contribution in [3.05, 3.63) is 65.5 Å². The van der Waals surface area contributed by atoms with E-state index in [1.54, 1.807) is 12.4 Å². The molecule has 1 unspecified atom stereocenters. The van der Waals surface area contributed by atoms with E-state index in [2.05, 4.69) is 15.6 Å². The van der Waals surface area contributed by atoms with Gasteiger partial charge in [0.1, 0.15) is 0 Å². The van der Waals surface area contributed by atoms with Crippen molar-refractivity contribution >= 4 is 11.8 Å². The van der Waals surface area contributed by atoms with Gasteiger partial charge in [-0.2, -0.15) is 0 Å². The monoisotopic (exact) mass is 388 g/mol. The van der Waals surface area contributed by atoms with Gasteiger partial charge in [0, 0.05) is 38.6 Å². The Morgan fingerprint density at radius 3 is 2.86 bits per heavy atom. The van der Waals surface area contributed by atoms with Crippen molar-refractivity contribution in [1.82, 2.24) is 20.5 Å². The van der Waals surface area contributed by atoms with Gasteiger partial charge in [-0.05, 0) is 35.7 Å². The van der Waals surface area contributed by atoms with Crippen LogP contribution in [-0.2, 0) is 22.6 Å². The Balaban J connectivity index is 1.56. The lowest BCUT2D eigenvalue weighted by atomic mass is 10.1. The summed E-state index contributed by atoms with van der Waals surface area (Å²) < 4.78 is 26.6. The summed E-state index contributed by atoms with van der Waals surface area (Å²) in [5.74, 6) is -2.31. The van der Waals surface area contributed by atoms with Gasteiger partial charge in [0.2, 0.25) is 11.8 Å². The number of nitrogens with zero attached hydrogens (tertiary/aromatic N) is 2. The fourth-order valence-corrected chi connectivity index (χ4v) is 3.19. The third-order valence-corrected chi connectivity index (χ3v) is 4.65. The summed E-state index contributed by atoms with van der Waals surface area (Å²) in [5, 5.41) is 5.57. The standard InChI is InChI=1S/C20H22F2N4O2/c21-16-4-3-15(10-17(16)22)13-26-9-8-25-20(28)18(26)11-19(27)24-7-5-14-2-1-6-23-12-14/h1-4,6,10,12,18H,5,7-9,11,13H2,(H,24,27)(H,25,28). The van der Waals surface area contributed by atoms with Crippen molar-refractivity contribution in [2.24, 2.45) is 0 Å². The molecule has 8 heteroatoms. The van der Waals surface area contributed by atoms with E-state index in [0.717, 1.165) is 17.7 Å². The smallest absolute Gasteiger partial charge is 0.237 e. The second-order valence-corrected chi connectivity index (χ2v) is 6.69. The molecule has 1 aliphatic rings. The number of hydrogen-bond donors (Lipinski definition) is 2. The number of benzene rings is 1. The van der Waals surface area contributed by atoms with E-state index in [4.69, 9.17) is 0 Å². The molecule has 1 atom stereocenters. The van der Waals surface area contributed by atoms with E-state index in [9.17, 15) is 18.4 Å². The first-order chi connectivity index (χ1) is 13.5. The highest BCUT2D eigenvalue weighted by molar-refractivity contribution is 5.88. The van der Waals surface area contributed by atoms with E-state index in [1.807, 2.05) is 17.0 Å². The van der Waals surface area contributed by atoms with Crippen LogP contribution in [0.2, 0.25) is 0 Å². The van der Waals surface area contributed by atoms with Gasteiger partial charge >= 0.3 is 0 Å². The minimum Gasteiger partial charge on any atom is -0.356 e. The molecule has 0 aliphatic carbocycles. The fraction of sp³-hybridized carbons (Fsp3) is 0.350. The van der Waals surface area contributed by atoms with Crippen molar-refractivity contribution in [2.75, 3.05) is 19.6 Å². The first kappa shape index (κ1) is 19.9. The van der Waals surface area contributed by atoms with Crippen molar-refractivity contribution < 1.29 is 18.4 Å². The second-order valence-electron chi connectivity index (χ2n) is 6.69. The molecule has 148 valence electrons. The van der Waals surface area contributed by atoms with Crippen LogP contribution < -0.4 is 10.6 Å². The van der Waals surface area contributed by atoms with Crippen LogP contribution in [0.3, 0.4) is 0 Å². The van der Waals surface area contributed by atoms with E-state index in [1.165, 1.54) is 6.07 Å². The molecule has 1 fully saturated rings. The molecule has 1 saturated heterocycles. The van der Waals surface area contributed by atoms with Gasteiger partial charge < -0.3 is 10.6 Å². The Bertz CT molecular complexity index is 832. The van der Waals surface area contributed by atoms with Crippen LogP contribution in [0.15, 0.2) is 42.7 Å². The van der Waals surface area contributed by atoms with Crippen LogP contribution in [-0.4, -0.2) is 47.4 Å². The molecule has 0 bridgehead atoms. The molecule has 2 N–H and O–H groups in total. The number of aromatic nitrogens is 1. The molecule has 0 radical (unpaired) electrons. The summed E-state index contributed by atoms with van der Waals surface area (Å²) in [6, 6.07) is 6.77. The molecular formula is C20H22F2N4O2. The second kappa shape index (κ2) is 9.36. The minimum absolute atomic E-state index is 0.00253. The van der Waals surface area contributed by atoms with Crippen molar-refractivity contribution in [1.29, 1.82) is 0 Å². The van der Waals surface area contributed by atoms with Gasteiger partial charge in [0.25, 0.3) is 0 Å². The van der Waals surface area contributed by atoms with Crippen molar-refractivity contribution in [2.45, 2.75) is 25.4 Å². The zero-order chi connectivity index (χ0) is 19.9. The fourth-order valence-electron chi connectivity index (χ4n) is 3.19. The Labute approximate surface area is 162 Å². The number of rotatable bonds is 7. The molecule has 0 saturated carbocycles. The lowest BCUT2D eigenvalue weighted by molar-refractivity contribution is -0.134. The molecular weight excluding hydrogens is 366 g/mol. The Hall–Kier alpha value is -2.87. The molecule has 6 nitrogen and oxygen atoms in total. The quantitative estimate of drug-likeness (QED) is 0.752. The molecule has 2 aromatic rings. The number of amides is 2. The normalized spacial score (nSPS) is 17.2. The van der Waals surface area contributed by atoms with Gasteiger partial charge in [-0.25, -0.2) is 8.78 Å². The van der Waals surface area contributed by atoms with Crippen LogP contribution in [0.1, 0.15) is 17.5 Å². The predicted molar refractivity (Wildman–Crippen MR) is 99.1 cm³/mol. The molecule has 1 aliphatic heterocycles. The average molecular weight is 388 g/mol. The molecule has 2 amide bonds. The van der Waals surface area contributed by atoms with Gasteiger partial charge in [-0.1, -0.05) is 12.1 Å². The average Bonchev–Trinajstić information content (AvgIpc) is 2.68. The molecule has 28 heavy (non-hydrogen) atoms. The number of carbonyl (C=O) groups excluding carboxylic acids is 2. The van der Waals surface area contributed by atoms with Crippen LogP contribution >= 0.6 is 0 Å². The summed E-state index contributed by atoms with van der Waals surface area (Å²) in [7, 11) is 0. The van der Waals surface area contributed by atoms with Gasteiger partial charge in [-0.3, -0.25) is 19.5 Å². The van der Waals surface area contributed by atoms with Crippen molar-refractivity contribution in [3.63, 3.8) is 0 Å². The number of piperazine rings is 1. The Morgan fingerprint density at radius 2 is 2.11 bits per heavy atom. The third-order valence-electron chi connectivity index (χ3n) is 4.65. The highest BCUT2D eigenvalue weighted by Gasteiger charge is 2.31. The summed E-state index contributed by atoms with van der Waals surface area (Å²) in [4.78, 5) is 30.4. The molecule has 2 heterocycles. The maximum absolute atomic E-state index is 13.5. The first-order valence-corrected chi connectivity index (χ1v) is 9.14. The molecule has 1 aromatic heterocycles. The lowest BCUT2D eigenvalue weighted by Crippen LogP contribution is -2.56. The summed E-state index contributed by atoms with van der Waals surface area (Å²) >= 11 is 0. The first-order valence-electron chi connectivity index (χ1n) is 9.14. The topological polar surface area (TPSA) is 74.3 Å². The Kier molecular flexibility index (Phi) is 6.65. The molecule has 3 rings (SSSR count). The van der Waals surface area contributed by atoms with E-state index < -0.39 is 17.7 Å². The SMILES string of the molecule is O=C(CC1C(=O)NCCN1Cc1ccc(F)c(F)c1)NCCc1cccnc1.